The van der Waals surface area contributed by atoms with Gasteiger partial charge >= 0.3 is 0 Å². The lowest BCUT2D eigenvalue weighted by Gasteiger charge is -2.33. The van der Waals surface area contributed by atoms with Crippen LogP contribution < -0.4 is 5.73 Å². The fraction of sp³-hybridized carbons (Fsp3) is 1.00. The molecular formula is C7H16N2O2S. The molecule has 72 valence electrons. The molecule has 0 saturated carbocycles. The van der Waals surface area contributed by atoms with Crippen molar-refractivity contribution >= 4 is 10.0 Å². The maximum atomic E-state index is 11.1. The maximum Gasteiger partial charge on any atom is 0.211 e. The quantitative estimate of drug-likeness (QED) is 0.615. The smallest absolute Gasteiger partial charge is 0.211 e. The van der Waals surface area contributed by atoms with Gasteiger partial charge in [-0.15, -0.1) is 0 Å². The van der Waals surface area contributed by atoms with Crippen LogP contribution in [-0.4, -0.2) is 38.1 Å². The number of rotatable bonds is 1. The zero-order valence-electron chi connectivity index (χ0n) is 7.53. The molecule has 2 atom stereocenters. The first-order valence-corrected chi connectivity index (χ1v) is 5.97. The van der Waals surface area contributed by atoms with Crippen molar-refractivity contribution < 1.29 is 8.42 Å². The van der Waals surface area contributed by atoms with Gasteiger partial charge in [0, 0.05) is 19.1 Å². The van der Waals surface area contributed by atoms with E-state index in [1.54, 1.807) is 0 Å². The van der Waals surface area contributed by atoms with Gasteiger partial charge in [0.1, 0.15) is 0 Å². The summed E-state index contributed by atoms with van der Waals surface area (Å²) >= 11 is 0. The largest absolute Gasteiger partial charge is 0.327 e. The monoisotopic (exact) mass is 192 g/mol. The Morgan fingerprint density at radius 1 is 1.50 bits per heavy atom. The molecule has 0 radical (unpaired) electrons. The molecule has 0 aliphatic carbocycles. The second-order valence-corrected chi connectivity index (χ2v) is 5.53. The number of nitrogens with two attached hydrogens (primary N) is 1. The first-order chi connectivity index (χ1) is 5.41. The molecule has 0 spiro atoms. The predicted molar refractivity (Wildman–Crippen MR) is 48.2 cm³/mol. The van der Waals surface area contributed by atoms with Crippen molar-refractivity contribution in [3.63, 3.8) is 0 Å². The number of piperidine rings is 1. The lowest BCUT2D eigenvalue weighted by atomic mass is 9.96. The highest BCUT2D eigenvalue weighted by Gasteiger charge is 2.27. The van der Waals surface area contributed by atoms with E-state index in [9.17, 15) is 8.42 Å². The Hall–Kier alpha value is -0.130. The van der Waals surface area contributed by atoms with Crippen LogP contribution in [-0.2, 0) is 10.0 Å². The molecule has 4 nitrogen and oxygen atoms in total. The molecule has 1 heterocycles. The number of nitrogens with zero attached hydrogens (tertiary/aromatic N) is 1. The first-order valence-electron chi connectivity index (χ1n) is 4.12. The summed E-state index contributed by atoms with van der Waals surface area (Å²) in [6, 6.07) is 0.156. The van der Waals surface area contributed by atoms with Gasteiger partial charge < -0.3 is 5.73 Å². The lowest BCUT2D eigenvalue weighted by molar-refractivity contribution is 0.251. The Morgan fingerprint density at radius 2 is 2.08 bits per heavy atom. The van der Waals surface area contributed by atoms with E-state index < -0.39 is 10.0 Å². The van der Waals surface area contributed by atoms with Crippen LogP contribution in [0.25, 0.3) is 0 Å². The normalized spacial score (nSPS) is 33.6. The first kappa shape index (κ1) is 9.95. The summed E-state index contributed by atoms with van der Waals surface area (Å²) < 4.78 is 23.7. The molecule has 0 amide bonds. The van der Waals surface area contributed by atoms with Gasteiger partial charge in [-0.25, -0.2) is 12.7 Å². The molecule has 2 N–H and O–H groups in total. The van der Waals surface area contributed by atoms with E-state index in [1.165, 1.54) is 10.6 Å². The van der Waals surface area contributed by atoms with Crippen molar-refractivity contribution in [2.45, 2.75) is 19.4 Å². The van der Waals surface area contributed by atoms with Gasteiger partial charge in [-0.2, -0.15) is 0 Å². The summed E-state index contributed by atoms with van der Waals surface area (Å²) in [5.74, 6) is 0.272. The molecule has 1 rings (SSSR count). The fourth-order valence-corrected chi connectivity index (χ4v) is 2.37. The van der Waals surface area contributed by atoms with Gasteiger partial charge in [0.25, 0.3) is 0 Å². The van der Waals surface area contributed by atoms with Crippen LogP contribution in [0, 0.1) is 5.92 Å². The second kappa shape index (κ2) is 3.32. The topological polar surface area (TPSA) is 63.4 Å². The molecule has 0 aromatic heterocycles. The minimum Gasteiger partial charge on any atom is -0.327 e. The average molecular weight is 192 g/mol. The van der Waals surface area contributed by atoms with Crippen LogP contribution in [0.4, 0.5) is 0 Å². The third-order valence-electron chi connectivity index (χ3n) is 2.40. The summed E-state index contributed by atoms with van der Waals surface area (Å²) in [6.07, 6.45) is 2.02. The van der Waals surface area contributed by atoms with Crippen LogP contribution in [0.5, 0.6) is 0 Å². The Balaban J connectivity index is 2.64. The van der Waals surface area contributed by atoms with Gasteiger partial charge in [-0.3, -0.25) is 0 Å². The van der Waals surface area contributed by atoms with Crippen molar-refractivity contribution in [3.05, 3.63) is 0 Å². The van der Waals surface area contributed by atoms with E-state index >= 15 is 0 Å². The highest BCUT2D eigenvalue weighted by molar-refractivity contribution is 7.88. The van der Waals surface area contributed by atoms with Gasteiger partial charge in [-0.05, 0) is 12.3 Å². The molecular weight excluding hydrogens is 176 g/mol. The molecule has 0 bridgehead atoms. The highest BCUT2D eigenvalue weighted by Crippen LogP contribution is 2.16. The van der Waals surface area contributed by atoms with Crippen LogP contribution in [0.15, 0.2) is 0 Å². The Kier molecular flexibility index (Phi) is 2.75. The van der Waals surface area contributed by atoms with Gasteiger partial charge in [0.2, 0.25) is 10.0 Å². The summed E-state index contributed by atoms with van der Waals surface area (Å²) in [6.45, 7) is 3.13. The van der Waals surface area contributed by atoms with E-state index in [4.69, 9.17) is 5.73 Å². The second-order valence-electron chi connectivity index (χ2n) is 3.55. The van der Waals surface area contributed by atoms with Crippen molar-refractivity contribution in [2.75, 3.05) is 19.3 Å². The average Bonchev–Trinajstić information content (AvgIpc) is 1.92. The molecule has 1 fully saturated rings. The van der Waals surface area contributed by atoms with E-state index in [-0.39, 0.29) is 12.0 Å². The van der Waals surface area contributed by atoms with Gasteiger partial charge in [-0.1, -0.05) is 6.92 Å². The highest BCUT2D eigenvalue weighted by atomic mass is 32.2. The van der Waals surface area contributed by atoms with E-state index in [1.807, 2.05) is 6.92 Å². The number of sulfonamides is 1. The van der Waals surface area contributed by atoms with Crippen LogP contribution >= 0.6 is 0 Å². The van der Waals surface area contributed by atoms with Crippen molar-refractivity contribution in [1.29, 1.82) is 0 Å². The van der Waals surface area contributed by atoms with Crippen LogP contribution in [0.2, 0.25) is 0 Å². The third kappa shape index (κ3) is 2.18. The molecule has 0 aromatic carbocycles. The maximum absolute atomic E-state index is 11.1. The number of hydrogen-bond donors (Lipinski definition) is 1. The van der Waals surface area contributed by atoms with E-state index in [0.29, 0.717) is 13.1 Å². The molecule has 0 unspecified atom stereocenters. The Morgan fingerprint density at radius 3 is 2.50 bits per heavy atom. The number of hydrogen-bond acceptors (Lipinski definition) is 3. The van der Waals surface area contributed by atoms with Crippen molar-refractivity contribution in [2.24, 2.45) is 11.7 Å². The van der Waals surface area contributed by atoms with Crippen LogP contribution in [0.1, 0.15) is 13.3 Å². The minimum atomic E-state index is -3.00. The predicted octanol–water partition coefficient (Wildman–Crippen LogP) is -0.385. The SMILES string of the molecule is C[C@H]1CN(S(C)(=O)=O)CC[C@@H]1N. The zero-order valence-corrected chi connectivity index (χ0v) is 8.34. The third-order valence-corrected chi connectivity index (χ3v) is 3.67. The summed E-state index contributed by atoms with van der Waals surface area (Å²) in [7, 11) is -3.00. The fourth-order valence-electron chi connectivity index (χ4n) is 1.43. The Labute approximate surface area is 73.8 Å². The molecule has 1 saturated heterocycles. The molecule has 12 heavy (non-hydrogen) atoms. The standard InChI is InChI=1S/C7H16N2O2S/c1-6-5-9(12(2,10)11)4-3-7(6)8/h6-7H,3-5,8H2,1-2H3/t6-,7-/m0/s1. The molecule has 0 aromatic rings. The van der Waals surface area contributed by atoms with Crippen molar-refractivity contribution in [3.8, 4) is 0 Å². The van der Waals surface area contributed by atoms with Gasteiger partial charge in [0.15, 0.2) is 0 Å². The van der Waals surface area contributed by atoms with E-state index in [0.717, 1.165) is 6.42 Å². The minimum absolute atomic E-state index is 0.156. The van der Waals surface area contributed by atoms with Gasteiger partial charge in [0.05, 0.1) is 6.26 Å². The van der Waals surface area contributed by atoms with E-state index in [2.05, 4.69) is 0 Å². The summed E-state index contributed by atoms with van der Waals surface area (Å²) in [4.78, 5) is 0. The zero-order chi connectivity index (χ0) is 9.35. The Bertz CT molecular complexity index is 250. The molecule has 1 aliphatic heterocycles. The molecule has 1 aliphatic rings. The summed E-state index contributed by atoms with van der Waals surface area (Å²) in [5.41, 5.74) is 5.76. The lowest BCUT2D eigenvalue weighted by Crippen LogP contribution is -2.47. The summed E-state index contributed by atoms with van der Waals surface area (Å²) in [5, 5.41) is 0. The molecule has 5 heteroatoms. The van der Waals surface area contributed by atoms with Crippen LogP contribution in [0.3, 0.4) is 0 Å². The van der Waals surface area contributed by atoms with Crippen molar-refractivity contribution in [1.82, 2.24) is 4.31 Å².